The fourth-order valence-corrected chi connectivity index (χ4v) is 3.35. The van der Waals surface area contributed by atoms with E-state index in [-0.39, 0.29) is 17.0 Å². The maximum atomic E-state index is 12.2. The number of ether oxygens (including phenoxy) is 1. The number of aromatic amines is 1. The summed E-state index contributed by atoms with van der Waals surface area (Å²) in [4.78, 5) is 33.9. The number of fused-ring (bicyclic) bond motifs is 1. The number of rotatable bonds is 7. The molecule has 1 fully saturated rings. The Kier molecular flexibility index (Phi) is 6.23. The highest BCUT2D eigenvalue weighted by molar-refractivity contribution is 5.77. The number of benzene rings is 1. The fourth-order valence-electron chi connectivity index (χ4n) is 3.35. The minimum absolute atomic E-state index is 0.0273. The highest BCUT2D eigenvalue weighted by Gasteiger charge is 2.28. The Bertz CT molecular complexity index is 840. The number of hydrogen-bond acceptors (Lipinski definition) is 5. The van der Waals surface area contributed by atoms with Gasteiger partial charge in [-0.05, 0) is 32.4 Å². The van der Waals surface area contributed by atoms with Gasteiger partial charge in [-0.25, -0.2) is 4.98 Å². The second-order valence-corrected chi connectivity index (χ2v) is 7.57. The second kappa shape index (κ2) is 8.63. The number of aromatic nitrogens is 2. The van der Waals surface area contributed by atoms with Gasteiger partial charge in [-0.1, -0.05) is 12.1 Å². The van der Waals surface area contributed by atoms with Crippen LogP contribution in [0.1, 0.15) is 32.5 Å². The van der Waals surface area contributed by atoms with Gasteiger partial charge >= 0.3 is 0 Å². The molecule has 0 spiro atoms. The zero-order valence-electron chi connectivity index (χ0n) is 16.1. The number of aryl methyl sites for hydroxylation is 1. The molecule has 0 atom stereocenters. The van der Waals surface area contributed by atoms with E-state index in [0.717, 1.165) is 26.3 Å². The van der Waals surface area contributed by atoms with Gasteiger partial charge in [0.1, 0.15) is 5.82 Å². The molecule has 3 rings (SSSR count). The Morgan fingerprint density at radius 3 is 2.81 bits per heavy atom. The third-order valence-corrected chi connectivity index (χ3v) is 5.06. The number of H-pyrrole nitrogens is 1. The predicted octanol–water partition coefficient (Wildman–Crippen LogP) is 1.47. The Morgan fingerprint density at radius 1 is 1.30 bits per heavy atom. The third-order valence-electron chi connectivity index (χ3n) is 5.06. The average molecular weight is 372 g/mol. The molecular formula is C20H28N4O3. The molecule has 0 radical (unpaired) electrons. The molecule has 0 aliphatic carbocycles. The highest BCUT2D eigenvalue weighted by atomic mass is 16.5. The maximum absolute atomic E-state index is 12.2. The molecule has 7 heteroatoms. The Morgan fingerprint density at radius 2 is 2.04 bits per heavy atom. The van der Waals surface area contributed by atoms with E-state index in [0.29, 0.717) is 42.5 Å². The number of morpholine rings is 1. The number of nitrogens with one attached hydrogen (secondary N) is 2. The molecule has 1 aromatic heterocycles. The van der Waals surface area contributed by atoms with Gasteiger partial charge in [0.15, 0.2) is 0 Å². The molecule has 0 bridgehead atoms. The van der Waals surface area contributed by atoms with Crippen LogP contribution in [0.15, 0.2) is 29.1 Å². The summed E-state index contributed by atoms with van der Waals surface area (Å²) in [6, 6.07) is 7.27. The van der Waals surface area contributed by atoms with Crippen molar-refractivity contribution in [1.29, 1.82) is 0 Å². The van der Waals surface area contributed by atoms with Crippen molar-refractivity contribution in [3.63, 3.8) is 0 Å². The molecule has 2 aromatic rings. The molecule has 7 nitrogen and oxygen atoms in total. The first kappa shape index (κ1) is 19.5. The van der Waals surface area contributed by atoms with E-state index in [9.17, 15) is 9.59 Å². The van der Waals surface area contributed by atoms with Gasteiger partial charge in [0.2, 0.25) is 5.91 Å². The van der Waals surface area contributed by atoms with Crippen molar-refractivity contribution in [2.45, 2.75) is 38.6 Å². The van der Waals surface area contributed by atoms with Gasteiger partial charge in [-0.3, -0.25) is 14.5 Å². The summed E-state index contributed by atoms with van der Waals surface area (Å²) in [7, 11) is 0. The SMILES string of the molecule is CC(C)(CNC(=O)CCCc1nc2ccccc2c(=O)[nH]1)N1CCOCC1. The van der Waals surface area contributed by atoms with Gasteiger partial charge in [0, 0.05) is 38.0 Å². The van der Waals surface area contributed by atoms with Gasteiger partial charge < -0.3 is 15.0 Å². The molecule has 1 aliphatic heterocycles. The van der Waals surface area contributed by atoms with E-state index in [2.05, 4.69) is 34.0 Å². The van der Waals surface area contributed by atoms with Gasteiger partial charge in [0.05, 0.1) is 24.1 Å². The zero-order valence-corrected chi connectivity index (χ0v) is 16.1. The summed E-state index contributed by atoms with van der Waals surface area (Å²) in [5, 5.41) is 3.62. The van der Waals surface area contributed by atoms with Crippen LogP contribution in [-0.4, -0.2) is 59.2 Å². The van der Waals surface area contributed by atoms with Gasteiger partial charge in [-0.2, -0.15) is 0 Å². The van der Waals surface area contributed by atoms with Crippen LogP contribution in [0, 0.1) is 0 Å². The second-order valence-electron chi connectivity index (χ2n) is 7.57. The topological polar surface area (TPSA) is 87.3 Å². The minimum Gasteiger partial charge on any atom is -0.379 e. The Balaban J connectivity index is 1.46. The van der Waals surface area contributed by atoms with E-state index < -0.39 is 0 Å². The molecule has 1 aromatic carbocycles. The molecule has 2 N–H and O–H groups in total. The quantitative estimate of drug-likeness (QED) is 0.769. The lowest BCUT2D eigenvalue weighted by atomic mass is 10.0. The fraction of sp³-hybridized carbons (Fsp3) is 0.550. The van der Waals surface area contributed by atoms with E-state index in [4.69, 9.17) is 4.74 Å². The zero-order chi connectivity index (χ0) is 19.3. The largest absolute Gasteiger partial charge is 0.379 e. The van der Waals surface area contributed by atoms with Crippen molar-refractivity contribution in [2.24, 2.45) is 0 Å². The summed E-state index contributed by atoms with van der Waals surface area (Å²) in [6.07, 6.45) is 1.63. The molecular weight excluding hydrogens is 344 g/mol. The van der Waals surface area contributed by atoms with Crippen LogP contribution < -0.4 is 10.9 Å². The Labute approximate surface area is 159 Å². The molecule has 146 valence electrons. The van der Waals surface area contributed by atoms with Crippen molar-refractivity contribution in [1.82, 2.24) is 20.2 Å². The lowest BCUT2D eigenvalue weighted by Gasteiger charge is -2.40. The normalized spacial score (nSPS) is 15.8. The molecule has 1 aliphatic rings. The molecule has 0 unspecified atom stereocenters. The van der Waals surface area contributed by atoms with Gasteiger partial charge in [-0.15, -0.1) is 0 Å². The Hall–Kier alpha value is -2.25. The smallest absolute Gasteiger partial charge is 0.258 e. The summed E-state index contributed by atoms with van der Waals surface area (Å²) in [6.45, 7) is 8.16. The number of nitrogens with zero attached hydrogens (tertiary/aromatic N) is 2. The number of para-hydroxylation sites is 1. The maximum Gasteiger partial charge on any atom is 0.258 e. The standard InChI is InChI=1S/C20H28N4O3/c1-20(2,24-10-12-27-13-11-24)14-21-18(25)9-5-8-17-22-16-7-4-3-6-15(16)19(26)23-17/h3-4,6-7H,5,8-14H2,1-2H3,(H,21,25)(H,22,23,26). The molecule has 1 saturated heterocycles. The van der Waals surface area contributed by atoms with E-state index in [1.165, 1.54) is 0 Å². The highest BCUT2D eigenvalue weighted by Crippen LogP contribution is 2.15. The summed E-state index contributed by atoms with van der Waals surface area (Å²) in [5.41, 5.74) is 0.463. The van der Waals surface area contributed by atoms with Crippen LogP contribution in [0.4, 0.5) is 0 Å². The van der Waals surface area contributed by atoms with E-state index in [1.807, 2.05) is 18.2 Å². The first-order valence-electron chi connectivity index (χ1n) is 9.53. The van der Waals surface area contributed by atoms with Crippen molar-refractivity contribution >= 4 is 16.8 Å². The van der Waals surface area contributed by atoms with Crippen LogP contribution in [0.25, 0.3) is 10.9 Å². The van der Waals surface area contributed by atoms with Crippen LogP contribution in [0.3, 0.4) is 0 Å². The first-order valence-corrected chi connectivity index (χ1v) is 9.53. The molecule has 1 amide bonds. The van der Waals surface area contributed by atoms with Crippen LogP contribution in [-0.2, 0) is 16.0 Å². The monoisotopic (exact) mass is 372 g/mol. The predicted molar refractivity (Wildman–Crippen MR) is 105 cm³/mol. The number of amides is 1. The lowest BCUT2D eigenvalue weighted by Crippen LogP contribution is -2.55. The van der Waals surface area contributed by atoms with E-state index in [1.54, 1.807) is 6.07 Å². The molecule has 2 heterocycles. The summed E-state index contributed by atoms with van der Waals surface area (Å²) in [5.74, 6) is 0.652. The molecule has 27 heavy (non-hydrogen) atoms. The lowest BCUT2D eigenvalue weighted by molar-refractivity contribution is -0.122. The van der Waals surface area contributed by atoms with Crippen LogP contribution in [0.2, 0.25) is 0 Å². The van der Waals surface area contributed by atoms with Crippen molar-refractivity contribution in [2.75, 3.05) is 32.8 Å². The van der Waals surface area contributed by atoms with E-state index >= 15 is 0 Å². The number of carbonyl (C=O) groups is 1. The van der Waals surface area contributed by atoms with Gasteiger partial charge in [0.25, 0.3) is 5.56 Å². The number of hydrogen-bond donors (Lipinski definition) is 2. The first-order chi connectivity index (χ1) is 13.0. The third kappa shape index (κ3) is 5.14. The van der Waals surface area contributed by atoms with Crippen molar-refractivity contribution < 1.29 is 9.53 Å². The average Bonchev–Trinajstić information content (AvgIpc) is 2.67. The van der Waals surface area contributed by atoms with Crippen LogP contribution in [0.5, 0.6) is 0 Å². The van der Waals surface area contributed by atoms with Crippen LogP contribution >= 0.6 is 0 Å². The summed E-state index contributed by atoms with van der Waals surface area (Å²) < 4.78 is 5.39. The molecule has 0 saturated carbocycles. The number of carbonyl (C=O) groups excluding carboxylic acids is 1. The minimum atomic E-state index is -0.132. The van der Waals surface area contributed by atoms with Crippen molar-refractivity contribution in [3.05, 3.63) is 40.4 Å². The summed E-state index contributed by atoms with van der Waals surface area (Å²) >= 11 is 0. The van der Waals surface area contributed by atoms with Crippen molar-refractivity contribution in [3.8, 4) is 0 Å².